The Balaban J connectivity index is 1.23. The third-order valence-corrected chi connectivity index (χ3v) is 6.53. The quantitative estimate of drug-likeness (QED) is 0.763. The van der Waals surface area contributed by atoms with E-state index in [-0.39, 0.29) is 5.91 Å². The number of nitrogens with zero attached hydrogens (tertiary/aromatic N) is 4. The van der Waals surface area contributed by atoms with Gasteiger partial charge in [0.2, 0.25) is 5.91 Å². The SMILES string of the molecule is O=C(CN1CCN(c2cccc(C(F)(F)F)c2)CC1)N1CCN(C2CCC2)CC1. The summed E-state index contributed by atoms with van der Waals surface area (Å²) in [7, 11) is 0. The number of carbonyl (C=O) groups is 1. The van der Waals surface area contributed by atoms with Crippen LogP contribution in [0.3, 0.4) is 0 Å². The van der Waals surface area contributed by atoms with Gasteiger partial charge in [-0.1, -0.05) is 12.5 Å². The van der Waals surface area contributed by atoms with Gasteiger partial charge < -0.3 is 9.80 Å². The van der Waals surface area contributed by atoms with Gasteiger partial charge in [0.15, 0.2) is 0 Å². The van der Waals surface area contributed by atoms with E-state index in [2.05, 4.69) is 9.80 Å². The van der Waals surface area contributed by atoms with E-state index in [4.69, 9.17) is 0 Å². The molecule has 1 amide bonds. The molecule has 0 atom stereocenters. The lowest BCUT2D eigenvalue weighted by molar-refractivity contribution is -0.137. The first-order valence-corrected chi connectivity index (χ1v) is 10.6. The van der Waals surface area contributed by atoms with Crippen LogP contribution in [0.5, 0.6) is 0 Å². The first kappa shape index (κ1) is 20.5. The Morgan fingerprint density at radius 1 is 0.966 bits per heavy atom. The molecular weight excluding hydrogens is 381 g/mol. The van der Waals surface area contributed by atoms with Crippen molar-refractivity contribution in [2.75, 3.05) is 63.8 Å². The summed E-state index contributed by atoms with van der Waals surface area (Å²) in [6, 6.07) is 6.22. The number of benzene rings is 1. The number of anilines is 1. The monoisotopic (exact) mass is 410 g/mol. The minimum Gasteiger partial charge on any atom is -0.369 e. The molecule has 0 N–H and O–H groups in total. The van der Waals surface area contributed by atoms with Gasteiger partial charge in [-0.15, -0.1) is 0 Å². The Morgan fingerprint density at radius 2 is 1.66 bits per heavy atom. The number of carbonyl (C=O) groups excluding carboxylic acids is 1. The number of hydrogen-bond acceptors (Lipinski definition) is 4. The van der Waals surface area contributed by atoms with Crippen molar-refractivity contribution in [1.82, 2.24) is 14.7 Å². The van der Waals surface area contributed by atoms with Crippen LogP contribution in [0, 0.1) is 0 Å². The minimum atomic E-state index is -4.33. The van der Waals surface area contributed by atoms with E-state index in [1.54, 1.807) is 6.07 Å². The maximum Gasteiger partial charge on any atom is 0.416 e. The van der Waals surface area contributed by atoms with Crippen molar-refractivity contribution < 1.29 is 18.0 Å². The number of piperazine rings is 2. The molecule has 4 rings (SSSR count). The summed E-state index contributed by atoms with van der Waals surface area (Å²) in [4.78, 5) is 21.2. The zero-order valence-corrected chi connectivity index (χ0v) is 16.7. The van der Waals surface area contributed by atoms with Crippen molar-refractivity contribution in [2.24, 2.45) is 0 Å². The van der Waals surface area contributed by atoms with Crippen LogP contribution >= 0.6 is 0 Å². The maximum atomic E-state index is 12.9. The van der Waals surface area contributed by atoms with Crippen LogP contribution in [-0.2, 0) is 11.0 Å². The second-order valence-electron chi connectivity index (χ2n) is 8.31. The van der Waals surface area contributed by atoms with Gasteiger partial charge in [0.25, 0.3) is 0 Å². The molecule has 1 aromatic carbocycles. The summed E-state index contributed by atoms with van der Waals surface area (Å²) in [6.07, 6.45) is -0.405. The van der Waals surface area contributed by atoms with E-state index in [1.165, 1.54) is 31.4 Å². The second-order valence-corrected chi connectivity index (χ2v) is 8.31. The van der Waals surface area contributed by atoms with Gasteiger partial charge in [0, 0.05) is 64.1 Å². The van der Waals surface area contributed by atoms with Gasteiger partial charge in [-0.05, 0) is 31.0 Å². The zero-order chi connectivity index (χ0) is 20.4. The summed E-state index contributed by atoms with van der Waals surface area (Å²) in [5.74, 6) is 0.172. The molecule has 2 heterocycles. The van der Waals surface area contributed by atoms with Crippen LogP contribution in [0.25, 0.3) is 0 Å². The highest BCUT2D eigenvalue weighted by molar-refractivity contribution is 5.78. The molecule has 1 saturated carbocycles. The van der Waals surface area contributed by atoms with E-state index >= 15 is 0 Å². The van der Waals surface area contributed by atoms with E-state index < -0.39 is 11.7 Å². The van der Waals surface area contributed by atoms with Gasteiger partial charge in [-0.2, -0.15) is 13.2 Å². The highest BCUT2D eigenvalue weighted by atomic mass is 19.4. The molecule has 0 unspecified atom stereocenters. The summed E-state index contributed by atoms with van der Waals surface area (Å²) in [5, 5.41) is 0. The van der Waals surface area contributed by atoms with Gasteiger partial charge in [0.05, 0.1) is 12.1 Å². The van der Waals surface area contributed by atoms with E-state index in [0.29, 0.717) is 38.4 Å². The Labute approximate surface area is 170 Å². The third-order valence-electron chi connectivity index (χ3n) is 6.53. The predicted octanol–water partition coefficient (Wildman–Crippen LogP) is 2.52. The van der Waals surface area contributed by atoms with Crippen molar-refractivity contribution in [3.8, 4) is 0 Å². The highest BCUT2D eigenvalue weighted by Gasteiger charge is 2.32. The van der Waals surface area contributed by atoms with E-state index in [0.717, 1.165) is 38.3 Å². The molecular formula is C21H29F3N4O. The van der Waals surface area contributed by atoms with Gasteiger partial charge in [-0.3, -0.25) is 14.6 Å². The number of amides is 1. The standard InChI is InChI=1S/C21H29F3N4O/c22-21(23,24)17-3-1-6-19(15-17)27-9-7-25(8-10-27)16-20(29)28-13-11-26(12-14-28)18-4-2-5-18/h1,3,6,15,18H,2,4-5,7-14,16H2. The van der Waals surface area contributed by atoms with Crippen LogP contribution < -0.4 is 4.90 Å². The largest absolute Gasteiger partial charge is 0.416 e. The normalized spacial score (nSPS) is 22.6. The average Bonchev–Trinajstić information content (AvgIpc) is 2.67. The summed E-state index contributed by atoms with van der Waals surface area (Å²) in [5.41, 5.74) is -0.0217. The molecule has 1 aromatic rings. The molecule has 2 saturated heterocycles. The minimum absolute atomic E-state index is 0.172. The van der Waals surface area contributed by atoms with Crippen molar-refractivity contribution in [1.29, 1.82) is 0 Å². The molecule has 3 aliphatic rings. The molecule has 0 radical (unpaired) electrons. The fourth-order valence-electron chi connectivity index (χ4n) is 4.42. The lowest BCUT2D eigenvalue weighted by Crippen LogP contribution is -2.56. The fraction of sp³-hybridized carbons (Fsp3) is 0.667. The number of halogens is 3. The molecule has 5 nitrogen and oxygen atoms in total. The smallest absolute Gasteiger partial charge is 0.369 e. The second kappa shape index (κ2) is 8.52. The van der Waals surface area contributed by atoms with Crippen LogP contribution in [0.1, 0.15) is 24.8 Å². The fourth-order valence-corrected chi connectivity index (χ4v) is 4.42. The Hall–Kier alpha value is -1.80. The number of alkyl halides is 3. The molecule has 1 aliphatic carbocycles. The highest BCUT2D eigenvalue weighted by Crippen LogP contribution is 2.32. The molecule has 160 valence electrons. The van der Waals surface area contributed by atoms with Gasteiger partial charge in [0.1, 0.15) is 0 Å². The van der Waals surface area contributed by atoms with Crippen molar-refractivity contribution in [3.63, 3.8) is 0 Å². The third kappa shape index (κ3) is 4.86. The van der Waals surface area contributed by atoms with Crippen molar-refractivity contribution in [2.45, 2.75) is 31.5 Å². The molecule has 0 aromatic heterocycles. The van der Waals surface area contributed by atoms with Crippen LogP contribution in [0.15, 0.2) is 24.3 Å². The van der Waals surface area contributed by atoms with E-state index in [9.17, 15) is 18.0 Å². The summed E-state index contributed by atoms with van der Waals surface area (Å²) in [6.45, 7) is 6.58. The van der Waals surface area contributed by atoms with Crippen molar-refractivity contribution >= 4 is 11.6 Å². The predicted molar refractivity (Wildman–Crippen MR) is 106 cm³/mol. The lowest BCUT2D eigenvalue weighted by atomic mass is 9.91. The zero-order valence-electron chi connectivity index (χ0n) is 16.7. The maximum absolute atomic E-state index is 12.9. The Bertz CT molecular complexity index is 706. The Kier molecular flexibility index (Phi) is 6.01. The van der Waals surface area contributed by atoms with Crippen LogP contribution in [-0.4, -0.2) is 85.6 Å². The molecule has 0 bridgehead atoms. The number of hydrogen-bond donors (Lipinski definition) is 0. The Morgan fingerprint density at radius 3 is 2.24 bits per heavy atom. The molecule has 29 heavy (non-hydrogen) atoms. The first-order chi connectivity index (χ1) is 13.9. The summed E-state index contributed by atoms with van der Waals surface area (Å²) < 4.78 is 38.8. The number of rotatable bonds is 4. The lowest BCUT2D eigenvalue weighted by Gasteiger charge is -2.43. The molecule has 8 heteroatoms. The molecule has 3 fully saturated rings. The van der Waals surface area contributed by atoms with Crippen LogP contribution in [0.2, 0.25) is 0 Å². The van der Waals surface area contributed by atoms with Crippen molar-refractivity contribution in [3.05, 3.63) is 29.8 Å². The molecule has 2 aliphatic heterocycles. The van der Waals surface area contributed by atoms with Gasteiger partial charge >= 0.3 is 6.18 Å². The topological polar surface area (TPSA) is 30.0 Å². The van der Waals surface area contributed by atoms with Gasteiger partial charge in [-0.25, -0.2) is 0 Å². The first-order valence-electron chi connectivity index (χ1n) is 10.6. The summed E-state index contributed by atoms with van der Waals surface area (Å²) >= 11 is 0. The van der Waals surface area contributed by atoms with Crippen LogP contribution in [0.4, 0.5) is 18.9 Å². The molecule has 0 spiro atoms. The average molecular weight is 410 g/mol. The van der Waals surface area contributed by atoms with E-state index in [1.807, 2.05) is 9.80 Å².